The van der Waals surface area contributed by atoms with E-state index in [1.165, 1.54) is 9.75 Å². The predicted molar refractivity (Wildman–Crippen MR) is 72.2 cm³/mol. The van der Waals surface area contributed by atoms with E-state index < -0.39 is 0 Å². The van der Waals surface area contributed by atoms with Gasteiger partial charge < -0.3 is 4.74 Å². The number of thiophene rings is 1. The van der Waals surface area contributed by atoms with E-state index in [0.29, 0.717) is 6.61 Å². The molecule has 86 valence electrons. The minimum atomic E-state index is 0.691. The molecule has 0 spiro atoms. The predicted octanol–water partition coefficient (Wildman–Crippen LogP) is 4.03. The summed E-state index contributed by atoms with van der Waals surface area (Å²) < 4.78 is 6.79. The zero-order valence-electron chi connectivity index (χ0n) is 8.90. The average Bonchev–Trinajstić information content (AvgIpc) is 2.84. The van der Waals surface area contributed by atoms with Crippen LogP contribution < -0.4 is 0 Å². The van der Waals surface area contributed by atoms with E-state index in [-0.39, 0.29) is 0 Å². The Bertz CT molecular complexity index is 410. The summed E-state index contributed by atoms with van der Waals surface area (Å²) in [6.07, 6.45) is 0.958. The molecule has 2 aromatic heterocycles. The van der Waals surface area contributed by atoms with E-state index in [1.807, 2.05) is 12.4 Å². The minimum Gasteiger partial charge on any atom is -0.376 e. The lowest BCUT2D eigenvalue weighted by Crippen LogP contribution is -1.98. The maximum atomic E-state index is 5.65. The molecular weight excluding hydrogens is 306 g/mol. The van der Waals surface area contributed by atoms with Gasteiger partial charge in [0.1, 0.15) is 0 Å². The van der Waals surface area contributed by atoms with Crippen LogP contribution in [-0.2, 0) is 17.8 Å². The Kier molecular flexibility index (Phi) is 4.52. The molecule has 2 rings (SSSR count). The van der Waals surface area contributed by atoms with E-state index in [9.17, 15) is 0 Å². The zero-order chi connectivity index (χ0) is 11.4. The smallest absolute Gasteiger partial charge is 0.0820 e. The van der Waals surface area contributed by atoms with E-state index in [0.717, 1.165) is 23.2 Å². The van der Waals surface area contributed by atoms with Crippen LogP contribution in [0.4, 0.5) is 0 Å². The third-order valence-corrected chi connectivity index (χ3v) is 5.14. The van der Waals surface area contributed by atoms with Crippen molar-refractivity contribution in [2.24, 2.45) is 0 Å². The first-order chi connectivity index (χ1) is 7.77. The molecule has 0 aliphatic rings. The quantitative estimate of drug-likeness (QED) is 0.777. The van der Waals surface area contributed by atoms with Crippen LogP contribution in [0.25, 0.3) is 0 Å². The Morgan fingerprint density at radius 2 is 2.25 bits per heavy atom. The van der Waals surface area contributed by atoms with Gasteiger partial charge in [-0.2, -0.15) is 0 Å². The highest BCUT2D eigenvalue weighted by Gasteiger charge is 2.03. The largest absolute Gasteiger partial charge is 0.376 e. The summed E-state index contributed by atoms with van der Waals surface area (Å²) in [7, 11) is 0. The number of ether oxygens (including phenoxy) is 1. The first-order valence-corrected chi connectivity index (χ1v) is 7.51. The Balaban J connectivity index is 1.74. The van der Waals surface area contributed by atoms with Crippen molar-refractivity contribution < 1.29 is 4.74 Å². The van der Waals surface area contributed by atoms with Gasteiger partial charge in [0, 0.05) is 20.6 Å². The molecule has 2 heterocycles. The molecule has 0 aliphatic carbocycles. The highest BCUT2D eigenvalue weighted by molar-refractivity contribution is 9.10. The van der Waals surface area contributed by atoms with Crippen LogP contribution in [0.1, 0.15) is 15.4 Å². The van der Waals surface area contributed by atoms with E-state index in [2.05, 4.69) is 32.4 Å². The Hall–Kier alpha value is -0.230. The van der Waals surface area contributed by atoms with Gasteiger partial charge in [-0.25, -0.2) is 4.98 Å². The van der Waals surface area contributed by atoms with Gasteiger partial charge in [0.2, 0.25) is 0 Å². The lowest BCUT2D eigenvalue weighted by molar-refractivity contribution is 0.126. The zero-order valence-corrected chi connectivity index (χ0v) is 12.1. The Morgan fingerprint density at radius 1 is 1.38 bits per heavy atom. The first-order valence-electron chi connectivity index (χ1n) is 4.96. The standard InChI is InChI=1S/C11H12BrNOS2/c1-8-10(16-7-13-8)2-4-14-6-11-9(12)3-5-15-11/h3,5,7H,2,4,6H2,1H3. The van der Waals surface area contributed by atoms with Gasteiger partial charge in [-0.15, -0.1) is 22.7 Å². The van der Waals surface area contributed by atoms with Crippen molar-refractivity contribution in [3.05, 3.63) is 36.9 Å². The number of nitrogens with zero attached hydrogens (tertiary/aromatic N) is 1. The van der Waals surface area contributed by atoms with Crippen molar-refractivity contribution in [1.29, 1.82) is 0 Å². The van der Waals surface area contributed by atoms with Gasteiger partial charge in [0.15, 0.2) is 0 Å². The summed E-state index contributed by atoms with van der Waals surface area (Å²) in [5.41, 5.74) is 3.02. The maximum absolute atomic E-state index is 5.65. The molecule has 0 atom stereocenters. The summed E-state index contributed by atoms with van der Waals surface area (Å²) in [5.74, 6) is 0. The number of aryl methyl sites for hydroxylation is 1. The van der Waals surface area contributed by atoms with Crippen LogP contribution in [0.15, 0.2) is 21.4 Å². The highest BCUT2D eigenvalue weighted by atomic mass is 79.9. The summed E-state index contributed by atoms with van der Waals surface area (Å²) in [6, 6.07) is 2.05. The number of hydrogen-bond donors (Lipinski definition) is 0. The van der Waals surface area contributed by atoms with E-state index in [4.69, 9.17) is 4.74 Å². The van der Waals surface area contributed by atoms with Crippen molar-refractivity contribution in [2.75, 3.05) is 6.61 Å². The van der Waals surface area contributed by atoms with Crippen LogP contribution >= 0.6 is 38.6 Å². The third kappa shape index (κ3) is 3.13. The molecule has 0 unspecified atom stereocenters. The molecule has 0 aromatic carbocycles. The normalized spacial score (nSPS) is 10.9. The van der Waals surface area contributed by atoms with Gasteiger partial charge in [-0.1, -0.05) is 0 Å². The molecule has 0 amide bonds. The number of rotatable bonds is 5. The van der Waals surface area contributed by atoms with Crippen molar-refractivity contribution in [3.63, 3.8) is 0 Å². The number of halogens is 1. The molecule has 2 aromatic rings. The summed E-state index contributed by atoms with van der Waals surface area (Å²) in [6.45, 7) is 3.49. The van der Waals surface area contributed by atoms with Crippen molar-refractivity contribution >= 4 is 38.6 Å². The fraction of sp³-hybridized carbons (Fsp3) is 0.364. The fourth-order valence-electron chi connectivity index (χ4n) is 1.32. The maximum Gasteiger partial charge on any atom is 0.0820 e. The van der Waals surface area contributed by atoms with Gasteiger partial charge in [0.25, 0.3) is 0 Å². The highest BCUT2D eigenvalue weighted by Crippen LogP contribution is 2.23. The SMILES string of the molecule is Cc1ncsc1CCOCc1sccc1Br. The van der Waals surface area contributed by atoms with E-state index in [1.54, 1.807) is 22.7 Å². The van der Waals surface area contributed by atoms with E-state index >= 15 is 0 Å². The average molecular weight is 318 g/mol. The molecule has 0 fully saturated rings. The lowest BCUT2D eigenvalue weighted by Gasteiger charge is -2.02. The number of aromatic nitrogens is 1. The molecule has 5 heteroatoms. The van der Waals surface area contributed by atoms with Crippen molar-refractivity contribution in [3.8, 4) is 0 Å². The lowest BCUT2D eigenvalue weighted by atomic mass is 10.3. The molecule has 16 heavy (non-hydrogen) atoms. The molecule has 0 saturated carbocycles. The second-order valence-corrected chi connectivity index (χ2v) is 6.15. The molecule has 0 N–H and O–H groups in total. The molecule has 2 nitrogen and oxygen atoms in total. The van der Waals surface area contributed by atoms with Gasteiger partial charge in [-0.3, -0.25) is 0 Å². The van der Waals surface area contributed by atoms with Crippen molar-refractivity contribution in [2.45, 2.75) is 20.0 Å². The van der Waals surface area contributed by atoms with Crippen LogP contribution in [0.3, 0.4) is 0 Å². The summed E-state index contributed by atoms with van der Waals surface area (Å²) >= 11 is 6.91. The third-order valence-electron chi connectivity index (χ3n) is 2.24. The monoisotopic (exact) mass is 317 g/mol. The molecular formula is C11H12BrNOS2. The fourth-order valence-corrected chi connectivity index (χ4v) is 3.49. The van der Waals surface area contributed by atoms with Crippen molar-refractivity contribution in [1.82, 2.24) is 4.98 Å². The number of thiazole rings is 1. The minimum absolute atomic E-state index is 0.691. The molecule has 0 radical (unpaired) electrons. The molecule has 0 bridgehead atoms. The molecule has 0 aliphatic heterocycles. The Morgan fingerprint density at radius 3 is 2.88 bits per heavy atom. The summed E-state index contributed by atoms with van der Waals surface area (Å²) in [4.78, 5) is 6.79. The van der Waals surface area contributed by atoms with Crippen LogP contribution in [0.2, 0.25) is 0 Å². The Labute approximate surface area is 111 Å². The second kappa shape index (κ2) is 5.91. The molecule has 0 saturated heterocycles. The van der Waals surface area contributed by atoms with Gasteiger partial charge in [-0.05, 0) is 34.3 Å². The topological polar surface area (TPSA) is 22.1 Å². The van der Waals surface area contributed by atoms with Crippen LogP contribution in [0.5, 0.6) is 0 Å². The first kappa shape index (κ1) is 12.2. The second-order valence-electron chi connectivity index (χ2n) is 3.36. The van der Waals surface area contributed by atoms with Gasteiger partial charge >= 0.3 is 0 Å². The van der Waals surface area contributed by atoms with Gasteiger partial charge in [0.05, 0.1) is 24.4 Å². The summed E-state index contributed by atoms with van der Waals surface area (Å²) in [5, 5.41) is 2.07. The van der Waals surface area contributed by atoms with Crippen LogP contribution in [0, 0.1) is 6.92 Å². The number of hydrogen-bond acceptors (Lipinski definition) is 4. The van der Waals surface area contributed by atoms with Crippen LogP contribution in [-0.4, -0.2) is 11.6 Å².